The largest absolute Gasteiger partial charge is 0.381 e. The Morgan fingerprint density at radius 3 is 1.08 bits per heavy atom. The van der Waals surface area contributed by atoms with Gasteiger partial charge < -0.3 is 14.8 Å². The summed E-state index contributed by atoms with van der Waals surface area (Å²) in [6, 6.07) is 0. The summed E-state index contributed by atoms with van der Waals surface area (Å²) in [7, 11) is 0. The van der Waals surface area contributed by atoms with Crippen molar-refractivity contribution in [2.45, 2.75) is 367 Å². The van der Waals surface area contributed by atoms with Crippen molar-refractivity contribution >= 4 is 85.2 Å². The van der Waals surface area contributed by atoms with E-state index in [0.29, 0.717) is 12.0 Å². The maximum Gasteiger partial charge on any atom is 0.233 e. The minimum Gasteiger partial charge on any atom is -0.381 e. The van der Waals surface area contributed by atoms with Crippen molar-refractivity contribution in [3.05, 3.63) is 0 Å². The summed E-state index contributed by atoms with van der Waals surface area (Å²) < 4.78 is 12.5. The van der Waals surface area contributed by atoms with Crippen LogP contribution in [0.4, 0.5) is 0 Å². The zero-order chi connectivity index (χ0) is 55.1. The van der Waals surface area contributed by atoms with Gasteiger partial charge in [0.2, 0.25) is 5.91 Å². The molecule has 12 heteroatoms. The number of unbranched alkanes of at least 4 members (excludes halogenated alkanes) is 45. The van der Waals surface area contributed by atoms with Crippen molar-refractivity contribution < 1.29 is 14.3 Å². The van der Waals surface area contributed by atoms with Crippen LogP contribution in [-0.2, 0) is 37.9 Å². The smallest absolute Gasteiger partial charge is 0.233 e. The highest BCUT2D eigenvalue weighted by atomic mass is 33.2. The molecule has 1 N–H and O–H groups in total. The molecule has 4 nitrogen and oxygen atoms in total. The lowest BCUT2D eigenvalue weighted by Crippen LogP contribution is -2.29. The summed E-state index contributed by atoms with van der Waals surface area (Å²) in [4.78, 5) is 13.0. The van der Waals surface area contributed by atoms with Crippen molar-refractivity contribution in [1.82, 2.24) is 5.32 Å². The predicted molar refractivity (Wildman–Crippen MR) is 367 cm³/mol. The topological polar surface area (TPSA) is 47.6 Å². The molecule has 0 aromatic rings. The van der Waals surface area contributed by atoms with E-state index in [1.165, 1.54) is 327 Å². The van der Waals surface area contributed by atoms with Gasteiger partial charge in [-0.05, 0) is 51.2 Å². The van der Waals surface area contributed by atoms with E-state index < -0.39 is 10.2 Å². The number of nitrogens with one attached hydrogen (secondary N) is 1. The number of ether oxygens (including phenoxy) is 2. The minimum absolute atomic E-state index is 0.105. The quantitative estimate of drug-likeness (QED) is 0.0365. The first-order valence-electron chi connectivity index (χ1n) is 33.5. The molecule has 456 valence electrons. The number of amides is 1. The Bertz CT molecular complexity index is 1190. The summed E-state index contributed by atoms with van der Waals surface area (Å²) in [6.07, 6.45) is 70.5. The second-order valence-corrected chi connectivity index (χ2v) is 42.0. The maximum absolute atomic E-state index is 13.0. The maximum atomic E-state index is 13.0. The summed E-state index contributed by atoms with van der Waals surface area (Å²) in [5.41, 5.74) is 0. The molecule has 0 aromatic carbocycles. The summed E-state index contributed by atoms with van der Waals surface area (Å²) >= 11 is 19.2. The minimum atomic E-state index is -1.13. The first-order valence-corrected chi connectivity index (χ1v) is 45.5. The molecule has 0 rings (SSSR count). The normalized spacial score (nSPS) is 13.4. The Balaban J connectivity index is 3.88. The number of carbonyl (C=O) groups is 1. The van der Waals surface area contributed by atoms with Crippen LogP contribution in [0.25, 0.3) is 0 Å². The van der Waals surface area contributed by atoms with E-state index in [1.807, 2.05) is 29.7 Å². The SMILES string of the molecule is CCCCCCCCCCCCCCCOCCCCCCCCCCCCCCCS[PH](=S)SCNC(=O)C(C)S[PH](=S)SCCC(CCCCCCCCCCCC)OCCCCCCCCCCCCCCC. The number of hydrogen-bond donors (Lipinski definition) is 1. The summed E-state index contributed by atoms with van der Waals surface area (Å²) in [5, 5.41) is 0.968. The Labute approximate surface area is 504 Å². The number of hydrogen-bond acceptors (Lipinski definition) is 9. The Kier molecular flexibility index (Phi) is 69.7. The molecule has 0 heterocycles. The molecule has 76 heavy (non-hydrogen) atoms. The van der Waals surface area contributed by atoms with Crippen LogP contribution in [0.15, 0.2) is 0 Å². The standard InChI is InChI=1S/C64H131NO3P2S6/c1-5-8-11-14-17-20-23-26-30-35-40-45-50-56-67-57-51-46-41-36-31-28-25-29-33-38-43-48-53-59-73-69(71)75-61-65-64(66)62(4)76-70(72)74-60-55-63(54-49-44-39-34-22-19-16-13-10-7-3)68-58-52-47-42-37-32-27-24-21-18-15-12-9-6-2/h62-63,69-70H,5-61H2,1-4H3,(H,65,66). The highest BCUT2D eigenvalue weighted by Crippen LogP contribution is 2.53. The second-order valence-electron chi connectivity index (χ2n) is 22.7. The van der Waals surface area contributed by atoms with Crippen LogP contribution in [0.2, 0.25) is 0 Å². The molecule has 0 aliphatic rings. The zero-order valence-electron chi connectivity index (χ0n) is 51.1. The lowest BCUT2D eigenvalue weighted by atomic mass is 10.0. The molecule has 0 bridgehead atoms. The first-order chi connectivity index (χ1) is 37.4. The van der Waals surface area contributed by atoms with E-state index in [0.717, 1.165) is 32.0 Å². The third-order valence-corrected chi connectivity index (χ3v) is 31.5. The lowest BCUT2D eigenvalue weighted by Gasteiger charge is -2.19. The van der Waals surface area contributed by atoms with E-state index in [4.69, 9.17) is 33.1 Å². The van der Waals surface area contributed by atoms with Gasteiger partial charge in [0.25, 0.3) is 0 Å². The molecule has 1 amide bonds. The third kappa shape index (κ3) is 63.7. The van der Waals surface area contributed by atoms with Crippen molar-refractivity contribution in [1.29, 1.82) is 0 Å². The van der Waals surface area contributed by atoms with Gasteiger partial charge in [0, 0.05) is 35.8 Å². The summed E-state index contributed by atoms with van der Waals surface area (Å²) in [5.74, 6) is 2.96. The van der Waals surface area contributed by atoms with Crippen LogP contribution in [0.5, 0.6) is 0 Å². The fraction of sp³-hybridized carbons (Fsp3) is 0.984. The van der Waals surface area contributed by atoms with Crippen molar-refractivity contribution in [2.24, 2.45) is 0 Å². The molecule has 4 atom stereocenters. The first kappa shape index (κ1) is 78.1. The van der Waals surface area contributed by atoms with E-state index in [9.17, 15) is 4.79 Å². The van der Waals surface area contributed by atoms with Crippen molar-refractivity contribution in [3.8, 4) is 0 Å². The van der Waals surface area contributed by atoms with Crippen LogP contribution >= 0.6 is 55.7 Å². The summed E-state index contributed by atoms with van der Waals surface area (Å²) in [6.45, 7) is 11.8. The molecule has 0 saturated carbocycles. The van der Waals surface area contributed by atoms with Crippen LogP contribution in [0.3, 0.4) is 0 Å². The molecule has 0 aliphatic heterocycles. The van der Waals surface area contributed by atoms with Gasteiger partial charge in [0.15, 0.2) is 0 Å². The second kappa shape index (κ2) is 67.9. The zero-order valence-corrected chi connectivity index (χ0v) is 58.0. The Morgan fingerprint density at radius 2 is 0.697 bits per heavy atom. The van der Waals surface area contributed by atoms with Crippen LogP contribution in [-0.4, -0.2) is 54.5 Å². The van der Waals surface area contributed by atoms with Crippen LogP contribution in [0, 0.1) is 0 Å². The van der Waals surface area contributed by atoms with Crippen LogP contribution in [0.1, 0.15) is 355 Å². The van der Waals surface area contributed by atoms with E-state index in [1.54, 1.807) is 22.8 Å². The highest BCUT2D eigenvalue weighted by Gasteiger charge is 2.16. The van der Waals surface area contributed by atoms with E-state index in [-0.39, 0.29) is 11.2 Å². The third-order valence-electron chi connectivity index (χ3n) is 15.3. The van der Waals surface area contributed by atoms with E-state index >= 15 is 0 Å². The van der Waals surface area contributed by atoms with Gasteiger partial charge in [-0.3, -0.25) is 4.79 Å². The average molecular weight is 1220 g/mol. The molecule has 0 fully saturated rings. The molecule has 4 unspecified atom stereocenters. The van der Waals surface area contributed by atoms with Crippen molar-refractivity contribution in [2.75, 3.05) is 37.2 Å². The molecule has 0 aliphatic carbocycles. The average Bonchev–Trinajstić information content (AvgIpc) is 3.41. The van der Waals surface area contributed by atoms with E-state index in [2.05, 4.69) is 26.1 Å². The highest BCUT2D eigenvalue weighted by molar-refractivity contribution is 8.94. The van der Waals surface area contributed by atoms with Gasteiger partial charge in [-0.25, -0.2) is 0 Å². The van der Waals surface area contributed by atoms with Gasteiger partial charge in [0.05, 0.1) is 17.2 Å². The molecule has 0 spiro atoms. The van der Waals surface area contributed by atoms with Gasteiger partial charge >= 0.3 is 0 Å². The van der Waals surface area contributed by atoms with Gasteiger partial charge in [-0.15, -0.1) is 34.1 Å². The van der Waals surface area contributed by atoms with Gasteiger partial charge in [0.1, 0.15) is 0 Å². The number of rotatable bonds is 67. The molecule has 0 radical (unpaired) electrons. The number of carbonyl (C=O) groups excluding carboxylic acids is 1. The van der Waals surface area contributed by atoms with Gasteiger partial charge in [-0.2, -0.15) is 0 Å². The predicted octanol–water partition coefficient (Wildman–Crippen LogP) is 24.8. The molecule has 0 saturated heterocycles. The lowest BCUT2D eigenvalue weighted by molar-refractivity contribution is -0.119. The fourth-order valence-electron chi connectivity index (χ4n) is 10.1. The Morgan fingerprint density at radius 1 is 0.382 bits per heavy atom. The monoisotopic (exact) mass is 1220 g/mol. The van der Waals surface area contributed by atoms with Gasteiger partial charge in [-0.1, -0.05) is 345 Å². The Hall–Kier alpha value is 2.09. The van der Waals surface area contributed by atoms with Crippen LogP contribution < -0.4 is 5.32 Å². The molecular weight excluding hydrogens is 1090 g/mol. The molecular formula is C64H131NO3P2S6. The van der Waals surface area contributed by atoms with Crippen molar-refractivity contribution in [3.63, 3.8) is 0 Å². The molecule has 0 aromatic heterocycles. The fourth-order valence-corrected chi connectivity index (χ4v) is 24.2.